The van der Waals surface area contributed by atoms with E-state index in [0.29, 0.717) is 17.9 Å². The minimum absolute atomic E-state index is 0.179. The molecular weight excluding hydrogens is 289 g/mol. The van der Waals surface area contributed by atoms with Gasteiger partial charge >= 0.3 is 0 Å². The Morgan fingerprint density at radius 3 is 2.71 bits per heavy atom. The monoisotopic (exact) mass is 307 g/mol. The van der Waals surface area contributed by atoms with E-state index >= 15 is 0 Å². The first-order valence-electron chi connectivity index (χ1n) is 6.91. The number of benzene rings is 1. The molecule has 0 aliphatic heterocycles. The molecule has 6 heteroatoms. The van der Waals surface area contributed by atoms with Crippen LogP contribution in [-0.4, -0.2) is 28.4 Å². The summed E-state index contributed by atoms with van der Waals surface area (Å²) >= 11 is 4.14. The molecule has 1 amide bonds. The highest BCUT2D eigenvalue weighted by Gasteiger charge is 2.10. The van der Waals surface area contributed by atoms with Crippen LogP contribution in [0.2, 0.25) is 0 Å². The van der Waals surface area contributed by atoms with Crippen LogP contribution >= 0.6 is 12.6 Å². The van der Waals surface area contributed by atoms with Crippen LogP contribution in [0.4, 0.5) is 4.39 Å². The minimum atomic E-state index is -0.298. The number of hydrogen-bond acceptors (Lipinski definition) is 3. The average molecular weight is 307 g/mol. The van der Waals surface area contributed by atoms with Crippen molar-refractivity contribution in [3.05, 3.63) is 41.8 Å². The summed E-state index contributed by atoms with van der Waals surface area (Å²) in [5.41, 5.74) is 1.79. The number of H-pyrrole nitrogens is 1. The van der Waals surface area contributed by atoms with Gasteiger partial charge in [-0.1, -0.05) is 6.42 Å². The second kappa shape index (κ2) is 7.83. The molecule has 0 aliphatic rings. The highest BCUT2D eigenvalue weighted by atomic mass is 32.1. The van der Waals surface area contributed by atoms with Gasteiger partial charge < -0.3 is 5.32 Å². The number of carbonyl (C=O) groups is 1. The van der Waals surface area contributed by atoms with E-state index in [9.17, 15) is 9.18 Å². The van der Waals surface area contributed by atoms with E-state index in [-0.39, 0.29) is 11.7 Å². The predicted molar refractivity (Wildman–Crippen MR) is 84.0 cm³/mol. The highest BCUT2D eigenvalue weighted by molar-refractivity contribution is 7.80. The van der Waals surface area contributed by atoms with Crippen molar-refractivity contribution in [2.75, 3.05) is 12.3 Å². The van der Waals surface area contributed by atoms with Gasteiger partial charge in [-0.05, 0) is 48.9 Å². The van der Waals surface area contributed by atoms with Crippen molar-refractivity contribution < 1.29 is 9.18 Å². The topological polar surface area (TPSA) is 57.8 Å². The lowest BCUT2D eigenvalue weighted by Gasteiger charge is -2.02. The Morgan fingerprint density at radius 1 is 1.24 bits per heavy atom. The Hall–Kier alpha value is -1.82. The number of amides is 1. The zero-order valence-electron chi connectivity index (χ0n) is 11.6. The van der Waals surface area contributed by atoms with Gasteiger partial charge in [0.1, 0.15) is 11.5 Å². The van der Waals surface area contributed by atoms with Gasteiger partial charge in [-0.25, -0.2) is 4.39 Å². The summed E-state index contributed by atoms with van der Waals surface area (Å²) < 4.78 is 12.9. The van der Waals surface area contributed by atoms with Gasteiger partial charge in [0.25, 0.3) is 5.91 Å². The Morgan fingerprint density at radius 2 is 2.00 bits per heavy atom. The first-order valence-corrected chi connectivity index (χ1v) is 7.54. The van der Waals surface area contributed by atoms with E-state index in [0.717, 1.165) is 30.6 Å². The Labute approximate surface area is 128 Å². The molecule has 1 heterocycles. The lowest BCUT2D eigenvalue weighted by molar-refractivity contribution is 0.0948. The predicted octanol–water partition coefficient (Wildman–Crippen LogP) is 3.05. The summed E-state index contributed by atoms with van der Waals surface area (Å²) in [6.45, 7) is 0.636. The molecule has 0 radical (unpaired) electrons. The van der Waals surface area contributed by atoms with Crippen LogP contribution in [0.15, 0.2) is 30.3 Å². The fraction of sp³-hybridized carbons (Fsp3) is 0.333. The summed E-state index contributed by atoms with van der Waals surface area (Å²) in [4.78, 5) is 11.9. The second-order valence-electron chi connectivity index (χ2n) is 4.71. The lowest BCUT2D eigenvalue weighted by atomic mass is 10.1. The van der Waals surface area contributed by atoms with Crippen molar-refractivity contribution in [1.29, 1.82) is 0 Å². The van der Waals surface area contributed by atoms with E-state index in [1.165, 1.54) is 12.1 Å². The number of rotatable bonds is 7. The van der Waals surface area contributed by atoms with Gasteiger partial charge in [-0.3, -0.25) is 9.89 Å². The molecule has 0 fully saturated rings. The van der Waals surface area contributed by atoms with Crippen molar-refractivity contribution >= 4 is 18.5 Å². The van der Waals surface area contributed by atoms with Crippen LogP contribution in [-0.2, 0) is 0 Å². The van der Waals surface area contributed by atoms with Crippen molar-refractivity contribution in [2.24, 2.45) is 0 Å². The standard InChI is InChI=1S/C15H18FN3OS/c16-12-6-4-11(5-7-12)13-10-14(19-18-13)15(20)17-8-2-1-3-9-21/h4-7,10,21H,1-3,8-9H2,(H,17,20)(H,18,19). The third-order valence-electron chi connectivity index (χ3n) is 3.08. The zero-order chi connectivity index (χ0) is 15.1. The van der Waals surface area contributed by atoms with Crippen molar-refractivity contribution in [3.8, 4) is 11.3 Å². The number of thiol groups is 1. The number of halogens is 1. The van der Waals surface area contributed by atoms with Crippen molar-refractivity contribution in [2.45, 2.75) is 19.3 Å². The fourth-order valence-corrected chi connectivity index (χ4v) is 2.14. The summed E-state index contributed by atoms with van der Waals surface area (Å²) in [6, 6.07) is 7.65. The molecule has 4 nitrogen and oxygen atoms in total. The van der Waals surface area contributed by atoms with Gasteiger partial charge in [-0.15, -0.1) is 0 Å². The molecule has 0 bridgehead atoms. The van der Waals surface area contributed by atoms with E-state index < -0.39 is 0 Å². The summed E-state index contributed by atoms with van der Waals surface area (Å²) in [5, 5.41) is 9.62. The van der Waals surface area contributed by atoms with Crippen LogP contribution in [0.25, 0.3) is 11.3 Å². The SMILES string of the molecule is O=C(NCCCCCS)c1cc(-c2ccc(F)cc2)n[nH]1. The molecule has 112 valence electrons. The minimum Gasteiger partial charge on any atom is -0.351 e. The average Bonchev–Trinajstić information content (AvgIpc) is 2.97. The molecule has 1 aromatic carbocycles. The van der Waals surface area contributed by atoms with Gasteiger partial charge in [0.05, 0.1) is 5.69 Å². The molecule has 0 atom stereocenters. The maximum atomic E-state index is 12.9. The molecule has 1 aromatic heterocycles. The molecule has 0 saturated heterocycles. The van der Waals surface area contributed by atoms with Gasteiger partial charge in [0.2, 0.25) is 0 Å². The van der Waals surface area contributed by atoms with Gasteiger partial charge in [0, 0.05) is 12.1 Å². The van der Waals surface area contributed by atoms with E-state index in [1.54, 1.807) is 18.2 Å². The largest absolute Gasteiger partial charge is 0.351 e. The van der Waals surface area contributed by atoms with Crippen LogP contribution in [0.3, 0.4) is 0 Å². The third-order valence-corrected chi connectivity index (χ3v) is 3.40. The Kier molecular flexibility index (Phi) is 5.80. The molecule has 0 unspecified atom stereocenters. The Balaban J connectivity index is 1.90. The number of nitrogens with zero attached hydrogens (tertiary/aromatic N) is 1. The number of aromatic nitrogens is 2. The van der Waals surface area contributed by atoms with E-state index in [1.807, 2.05) is 0 Å². The van der Waals surface area contributed by atoms with Crippen molar-refractivity contribution in [3.63, 3.8) is 0 Å². The molecule has 0 saturated carbocycles. The Bertz CT molecular complexity index is 583. The van der Waals surface area contributed by atoms with Crippen LogP contribution in [0.5, 0.6) is 0 Å². The summed E-state index contributed by atoms with van der Waals surface area (Å²) in [7, 11) is 0. The second-order valence-corrected chi connectivity index (χ2v) is 5.16. The van der Waals surface area contributed by atoms with Crippen LogP contribution in [0, 0.1) is 5.82 Å². The molecule has 0 aliphatic carbocycles. The molecule has 2 aromatic rings. The first kappa shape index (κ1) is 15.6. The smallest absolute Gasteiger partial charge is 0.269 e. The van der Waals surface area contributed by atoms with Crippen LogP contribution in [0.1, 0.15) is 29.8 Å². The molecule has 21 heavy (non-hydrogen) atoms. The highest BCUT2D eigenvalue weighted by Crippen LogP contribution is 2.17. The fourth-order valence-electron chi connectivity index (χ4n) is 1.92. The number of hydrogen-bond donors (Lipinski definition) is 3. The molecular formula is C15H18FN3OS. The first-order chi connectivity index (χ1) is 10.2. The zero-order valence-corrected chi connectivity index (χ0v) is 12.5. The van der Waals surface area contributed by atoms with Crippen LogP contribution < -0.4 is 5.32 Å². The molecule has 2 N–H and O–H groups in total. The number of carbonyl (C=O) groups excluding carboxylic acids is 1. The third kappa shape index (κ3) is 4.60. The van der Waals surface area contributed by atoms with Gasteiger partial charge in [-0.2, -0.15) is 17.7 Å². The maximum Gasteiger partial charge on any atom is 0.269 e. The molecule has 2 rings (SSSR count). The number of nitrogens with one attached hydrogen (secondary N) is 2. The van der Waals surface area contributed by atoms with E-state index in [4.69, 9.17) is 0 Å². The summed E-state index contributed by atoms with van der Waals surface area (Å²) in [5.74, 6) is 0.394. The molecule has 0 spiro atoms. The summed E-state index contributed by atoms with van der Waals surface area (Å²) in [6.07, 6.45) is 3.04. The lowest BCUT2D eigenvalue weighted by Crippen LogP contribution is -2.24. The van der Waals surface area contributed by atoms with Crippen molar-refractivity contribution in [1.82, 2.24) is 15.5 Å². The number of unbranched alkanes of at least 4 members (excludes halogenated alkanes) is 2. The van der Waals surface area contributed by atoms with E-state index in [2.05, 4.69) is 28.1 Å². The quantitative estimate of drug-likeness (QED) is 0.544. The van der Waals surface area contributed by atoms with Gasteiger partial charge in [0.15, 0.2) is 0 Å². The maximum absolute atomic E-state index is 12.9. The normalized spacial score (nSPS) is 10.6. The number of aromatic amines is 1.